The maximum absolute atomic E-state index is 8.76. The first kappa shape index (κ1) is 19.6. The van der Waals surface area contributed by atoms with Gasteiger partial charge in [-0.15, -0.1) is 0 Å². The predicted molar refractivity (Wildman–Crippen MR) is 115 cm³/mol. The highest BCUT2D eigenvalue weighted by molar-refractivity contribution is 5.66. The van der Waals surface area contributed by atoms with Crippen molar-refractivity contribution in [2.45, 2.75) is 19.9 Å². The molecule has 1 aliphatic heterocycles. The average Bonchev–Trinajstić information content (AvgIpc) is 2.68. The highest BCUT2D eigenvalue weighted by Gasteiger charge is 2.14. The van der Waals surface area contributed by atoms with Crippen LogP contribution in [0.2, 0.25) is 0 Å². The number of anilines is 4. The Morgan fingerprint density at radius 2 is 1.86 bits per heavy atom. The summed E-state index contributed by atoms with van der Waals surface area (Å²) in [5.41, 5.74) is 2.96. The van der Waals surface area contributed by atoms with Gasteiger partial charge in [0.2, 0.25) is 5.95 Å². The molecule has 2 N–H and O–H groups in total. The molecule has 0 saturated carbocycles. The summed E-state index contributed by atoms with van der Waals surface area (Å²) in [5, 5.41) is 15.3. The molecular formula is C21H27N7. The van der Waals surface area contributed by atoms with Crippen molar-refractivity contribution in [1.82, 2.24) is 14.9 Å². The molecule has 1 aromatic carbocycles. The molecule has 7 nitrogen and oxygen atoms in total. The molecule has 1 aromatic heterocycles. The van der Waals surface area contributed by atoms with Gasteiger partial charge in [-0.25, -0.2) is 4.98 Å². The minimum absolute atomic E-state index is 0.222. The number of nitriles is 1. The van der Waals surface area contributed by atoms with E-state index in [4.69, 9.17) is 5.26 Å². The van der Waals surface area contributed by atoms with Crippen molar-refractivity contribution in [2.24, 2.45) is 0 Å². The van der Waals surface area contributed by atoms with Gasteiger partial charge in [-0.3, -0.25) is 0 Å². The number of rotatable bonds is 6. The molecule has 7 heteroatoms. The fourth-order valence-corrected chi connectivity index (χ4v) is 3.04. The number of aromatic nitrogens is 2. The van der Waals surface area contributed by atoms with E-state index in [2.05, 4.69) is 61.7 Å². The number of allylic oxidation sites excluding steroid dienone is 1. The number of nitrogens with one attached hydrogen (secondary N) is 2. The molecule has 2 heterocycles. The normalized spacial score (nSPS) is 15.0. The second kappa shape index (κ2) is 9.20. The monoisotopic (exact) mass is 377 g/mol. The Hall–Kier alpha value is -3.11. The Kier molecular flexibility index (Phi) is 6.45. The summed E-state index contributed by atoms with van der Waals surface area (Å²) < 4.78 is 0. The zero-order valence-corrected chi connectivity index (χ0v) is 16.7. The molecule has 0 amide bonds. The van der Waals surface area contributed by atoms with Crippen LogP contribution in [0, 0.1) is 11.3 Å². The van der Waals surface area contributed by atoms with Crippen LogP contribution in [-0.2, 0) is 0 Å². The average molecular weight is 377 g/mol. The zero-order chi connectivity index (χ0) is 19.9. The molecule has 28 heavy (non-hydrogen) atoms. The van der Waals surface area contributed by atoms with Crippen molar-refractivity contribution in [3.05, 3.63) is 42.1 Å². The summed E-state index contributed by atoms with van der Waals surface area (Å²) in [5.74, 6) is 1.22. The van der Waals surface area contributed by atoms with E-state index in [-0.39, 0.29) is 6.04 Å². The van der Waals surface area contributed by atoms with E-state index < -0.39 is 0 Å². The largest absolute Gasteiger partial charge is 0.369 e. The molecule has 0 radical (unpaired) electrons. The van der Waals surface area contributed by atoms with Crippen molar-refractivity contribution in [3.8, 4) is 6.07 Å². The Labute approximate surface area is 166 Å². The highest BCUT2D eigenvalue weighted by atomic mass is 15.2. The lowest BCUT2D eigenvalue weighted by Crippen LogP contribution is -2.44. The summed E-state index contributed by atoms with van der Waals surface area (Å²) in [6.45, 7) is 8.37. The zero-order valence-electron chi connectivity index (χ0n) is 16.7. The fourth-order valence-electron chi connectivity index (χ4n) is 3.04. The molecule has 1 saturated heterocycles. The minimum Gasteiger partial charge on any atom is -0.369 e. The van der Waals surface area contributed by atoms with Gasteiger partial charge in [0.05, 0.1) is 6.07 Å². The van der Waals surface area contributed by atoms with Crippen LogP contribution in [0.3, 0.4) is 0 Å². The van der Waals surface area contributed by atoms with Crippen molar-refractivity contribution in [3.63, 3.8) is 0 Å². The smallest absolute Gasteiger partial charge is 0.229 e. The van der Waals surface area contributed by atoms with Gasteiger partial charge in [-0.2, -0.15) is 10.2 Å². The van der Waals surface area contributed by atoms with Crippen LogP contribution in [-0.4, -0.2) is 54.1 Å². The first-order valence-electron chi connectivity index (χ1n) is 9.55. The first-order valence-corrected chi connectivity index (χ1v) is 9.55. The van der Waals surface area contributed by atoms with Crippen LogP contribution in [0.5, 0.6) is 0 Å². The number of benzene rings is 1. The van der Waals surface area contributed by atoms with E-state index in [9.17, 15) is 0 Å². The van der Waals surface area contributed by atoms with Gasteiger partial charge in [-0.1, -0.05) is 0 Å². The van der Waals surface area contributed by atoms with Gasteiger partial charge in [0.15, 0.2) is 0 Å². The van der Waals surface area contributed by atoms with Gasteiger partial charge in [0.25, 0.3) is 0 Å². The number of nitrogens with zero attached hydrogens (tertiary/aromatic N) is 5. The first-order chi connectivity index (χ1) is 13.5. The summed E-state index contributed by atoms with van der Waals surface area (Å²) >= 11 is 0. The molecule has 2 aromatic rings. The van der Waals surface area contributed by atoms with Crippen LogP contribution in [0.15, 0.2) is 36.5 Å². The topological polar surface area (TPSA) is 80.1 Å². The van der Waals surface area contributed by atoms with Crippen LogP contribution >= 0.6 is 0 Å². The second-order valence-corrected chi connectivity index (χ2v) is 7.22. The number of likely N-dealkylation sites (N-methyl/N-ethyl adjacent to an activating group) is 1. The third kappa shape index (κ3) is 5.21. The van der Waals surface area contributed by atoms with Gasteiger partial charge in [0, 0.05) is 61.4 Å². The quantitative estimate of drug-likeness (QED) is 0.748. The minimum atomic E-state index is 0.222. The second-order valence-electron chi connectivity index (χ2n) is 7.22. The SMILES string of the molecule is CC(C)Nc1nc(Nc2ccc(N3CCN(C)CC3)cc2)ncc1/C=C/C#N. The Morgan fingerprint density at radius 1 is 1.14 bits per heavy atom. The lowest BCUT2D eigenvalue weighted by atomic mass is 10.2. The van der Waals surface area contributed by atoms with Crippen LogP contribution in [0.4, 0.5) is 23.1 Å². The van der Waals surface area contributed by atoms with E-state index in [1.54, 1.807) is 12.3 Å². The Balaban J connectivity index is 1.72. The molecule has 1 aliphatic rings. The molecule has 0 atom stereocenters. The number of piperazine rings is 1. The molecule has 146 valence electrons. The molecule has 0 bridgehead atoms. The predicted octanol–water partition coefficient (Wildman–Crippen LogP) is 3.33. The fraction of sp³-hybridized carbons (Fsp3) is 0.381. The van der Waals surface area contributed by atoms with E-state index in [0.29, 0.717) is 11.8 Å². The maximum Gasteiger partial charge on any atom is 0.229 e. The van der Waals surface area contributed by atoms with E-state index in [0.717, 1.165) is 37.4 Å². The third-order valence-corrected chi connectivity index (χ3v) is 4.57. The number of hydrogen-bond donors (Lipinski definition) is 2. The van der Waals surface area contributed by atoms with Crippen molar-refractivity contribution < 1.29 is 0 Å². The molecular weight excluding hydrogens is 350 g/mol. The molecule has 1 fully saturated rings. The highest BCUT2D eigenvalue weighted by Crippen LogP contribution is 2.22. The maximum atomic E-state index is 8.76. The van der Waals surface area contributed by atoms with Crippen molar-refractivity contribution in [1.29, 1.82) is 5.26 Å². The standard InChI is InChI=1S/C21H27N7/c1-16(2)24-20-17(5-4-10-22)15-23-21(26-20)25-18-6-8-19(9-7-18)28-13-11-27(3)12-14-28/h4-9,15-16H,11-14H2,1-3H3,(H2,23,24,25,26)/b5-4+. The summed E-state index contributed by atoms with van der Waals surface area (Å²) in [7, 11) is 2.16. The van der Waals surface area contributed by atoms with Crippen molar-refractivity contribution in [2.75, 3.05) is 48.8 Å². The summed E-state index contributed by atoms with van der Waals surface area (Å²) in [6.07, 6.45) is 4.85. The van der Waals surface area contributed by atoms with E-state index >= 15 is 0 Å². The molecule has 0 aliphatic carbocycles. The van der Waals surface area contributed by atoms with Gasteiger partial charge in [-0.05, 0) is 51.2 Å². The lowest BCUT2D eigenvalue weighted by molar-refractivity contribution is 0.313. The number of hydrogen-bond acceptors (Lipinski definition) is 7. The van der Waals surface area contributed by atoms with Gasteiger partial charge < -0.3 is 20.4 Å². The van der Waals surface area contributed by atoms with E-state index in [1.807, 2.05) is 19.9 Å². The van der Waals surface area contributed by atoms with E-state index in [1.165, 1.54) is 11.8 Å². The molecule has 0 spiro atoms. The van der Waals surface area contributed by atoms with Crippen LogP contribution < -0.4 is 15.5 Å². The van der Waals surface area contributed by atoms with Gasteiger partial charge >= 0.3 is 0 Å². The summed E-state index contributed by atoms with van der Waals surface area (Å²) in [6, 6.07) is 10.6. The molecule has 3 rings (SSSR count). The third-order valence-electron chi connectivity index (χ3n) is 4.57. The Bertz CT molecular complexity index is 844. The van der Waals surface area contributed by atoms with Crippen molar-refractivity contribution >= 4 is 29.2 Å². The van der Waals surface area contributed by atoms with Gasteiger partial charge in [0.1, 0.15) is 5.82 Å². The molecule has 0 unspecified atom stereocenters. The lowest BCUT2D eigenvalue weighted by Gasteiger charge is -2.34. The van der Waals surface area contributed by atoms with Crippen LogP contribution in [0.25, 0.3) is 6.08 Å². The van der Waals surface area contributed by atoms with Crippen LogP contribution in [0.1, 0.15) is 19.4 Å². The summed E-state index contributed by atoms with van der Waals surface area (Å²) in [4.78, 5) is 13.7. The Morgan fingerprint density at radius 3 is 2.50 bits per heavy atom.